The summed E-state index contributed by atoms with van der Waals surface area (Å²) in [6.45, 7) is 4.62. The normalized spacial score (nSPS) is 16.8. The lowest BCUT2D eigenvalue weighted by molar-refractivity contribution is -0.117. The average molecular weight is 357 g/mol. The van der Waals surface area contributed by atoms with E-state index in [2.05, 4.69) is 15.5 Å². The Morgan fingerprint density at radius 2 is 2.27 bits per heavy atom. The van der Waals surface area contributed by atoms with Gasteiger partial charge < -0.3 is 19.6 Å². The van der Waals surface area contributed by atoms with E-state index in [9.17, 15) is 9.59 Å². The van der Waals surface area contributed by atoms with Crippen molar-refractivity contribution >= 4 is 17.6 Å². The summed E-state index contributed by atoms with van der Waals surface area (Å²) in [5, 5.41) is 6.75. The number of carbonyl (C=O) groups is 2. The lowest BCUT2D eigenvalue weighted by Crippen LogP contribution is -2.44. The van der Waals surface area contributed by atoms with Gasteiger partial charge in [0.2, 0.25) is 11.8 Å². The van der Waals surface area contributed by atoms with E-state index in [1.165, 1.54) is 4.90 Å². The third-order valence-corrected chi connectivity index (χ3v) is 4.30. The van der Waals surface area contributed by atoms with Gasteiger partial charge in [-0.2, -0.15) is 4.98 Å². The van der Waals surface area contributed by atoms with Gasteiger partial charge in [0.25, 0.3) is 0 Å². The Kier molecular flexibility index (Phi) is 5.20. The molecule has 8 heteroatoms. The summed E-state index contributed by atoms with van der Waals surface area (Å²) >= 11 is 0. The van der Waals surface area contributed by atoms with Gasteiger partial charge in [-0.3, -0.25) is 4.79 Å². The number of rotatable bonds is 5. The van der Waals surface area contributed by atoms with E-state index in [4.69, 9.17) is 4.52 Å². The molecule has 0 radical (unpaired) electrons. The maximum Gasteiger partial charge on any atom is 0.317 e. The van der Waals surface area contributed by atoms with Crippen molar-refractivity contribution in [3.63, 3.8) is 0 Å². The number of hydrogen-bond acceptors (Lipinski definition) is 5. The zero-order valence-electron chi connectivity index (χ0n) is 15.2. The maximum atomic E-state index is 12.4. The molecule has 3 rings (SSSR count). The lowest BCUT2D eigenvalue weighted by Gasteiger charge is -2.20. The van der Waals surface area contributed by atoms with Crippen LogP contribution in [-0.4, -0.2) is 46.6 Å². The zero-order valence-corrected chi connectivity index (χ0v) is 15.2. The molecule has 1 aliphatic heterocycles. The van der Waals surface area contributed by atoms with E-state index in [0.717, 1.165) is 11.3 Å². The number of urea groups is 1. The van der Waals surface area contributed by atoms with Gasteiger partial charge in [-0.25, -0.2) is 4.79 Å². The first-order chi connectivity index (χ1) is 12.5. The van der Waals surface area contributed by atoms with Crippen LogP contribution in [0, 0.1) is 6.92 Å². The van der Waals surface area contributed by atoms with Crippen LogP contribution in [0.2, 0.25) is 0 Å². The van der Waals surface area contributed by atoms with Crippen LogP contribution in [0.15, 0.2) is 28.8 Å². The fourth-order valence-corrected chi connectivity index (χ4v) is 2.92. The minimum Gasteiger partial charge on any atom is -0.339 e. The highest BCUT2D eigenvalue weighted by molar-refractivity contribution is 5.96. The molecule has 8 nitrogen and oxygen atoms in total. The number of nitrogens with one attached hydrogen (secondary N) is 1. The highest BCUT2D eigenvalue weighted by Crippen LogP contribution is 2.22. The Bertz CT molecular complexity index is 804. The molecule has 0 bridgehead atoms. The van der Waals surface area contributed by atoms with Crippen LogP contribution >= 0.6 is 0 Å². The van der Waals surface area contributed by atoms with E-state index in [1.54, 1.807) is 11.9 Å². The fourth-order valence-electron chi connectivity index (χ4n) is 2.92. The number of anilines is 1. The highest BCUT2D eigenvalue weighted by Gasteiger charge is 2.32. The lowest BCUT2D eigenvalue weighted by atomic mass is 10.2. The Morgan fingerprint density at radius 1 is 1.46 bits per heavy atom. The van der Waals surface area contributed by atoms with Gasteiger partial charge in [0.1, 0.15) is 0 Å². The van der Waals surface area contributed by atoms with Gasteiger partial charge in [-0.15, -0.1) is 0 Å². The number of aromatic nitrogens is 2. The predicted molar refractivity (Wildman–Crippen MR) is 95.6 cm³/mol. The summed E-state index contributed by atoms with van der Waals surface area (Å²) in [7, 11) is 1.66. The van der Waals surface area contributed by atoms with Crippen molar-refractivity contribution in [3.8, 4) is 0 Å². The van der Waals surface area contributed by atoms with Gasteiger partial charge in [0.05, 0.1) is 12.6 Å². The van der Waals surface area contributed by atoms with Crippen molar-refractivity contribution in [1.82, 2.24) is 20.4 Å². The molecule has 2 heterocycles. The quantitative estimate of drug-likeness (QED) is 0.882. The van der Waals surface area contributed by atoms with Gasteiger partial charge in [0, 0.05) is 32.1 Å². The van der Waals surface area contributed by atoms with E-state index >= 15 is 0 Å². The number of benzene rings is 1. The molecule has 1 fully saturated rings. The zero-order chi connectivity index (χ0) is 18.7. The first-order valence-corrected chi connectivity index (χ1v) is 8.66. The second kappa shape index (κ2) is 7.55. The average Bonchev–Trinajstić information content (AvgIpc) is 3.21. The monoisotopic (exact) mass is 357 g/mol. The SMILES string of the molecule is CCc1nc(CN(C)C(=O)N[C@@H]2CC(=O)N(c3cccc(C)c3)C2)no1. The molecule has 1 aromatic carbocycles. The van der Waals surface area contributed by atoms with Crippen LogP contribution in [0.1, 0.15) is 30.6 Å². The Morgan fingerprint density at radius 3 is 2.96 bits per heavy atom. The fraction of sp³-hybridized carbons (Fsp3) is 0.444. The molecule has 1 aromatic heterocycles. The summed E-state index contributed by atoms with van der Waals surface area (Å²) in [5.74, 6) is 1.02. The summed E-state index contributed by atoms with van der Waals surface area (Å²) in [5.41, 5.74) is 1.95. The predicted octanol–water partition coefficient (Wildman–Crippen LogP) is 1.89. The van der Waals surface area contributed by atoms with Crippen molar-refractivity contribution in [3.05, 3.63) is 41.5 Å². The molecule has 1 aliphatic rings. The standard InChI is InChI=1S/C18H23N5O3/c1-4-16-20-15(21-26-16)11-22(3)18(25)19-13-9-17(24)23(10-13)14-7-5-6-12(2)8-14/h5-8,13H,4,9-11H2,1-3H3,(H,19,25)/t13-/m1/s1. The molecule has 0 spiro atoms. The number of amides is 3. The molecule has 3 amide bonds. The topological polar surface area (TPSA) is 91.6 Å². The smallest absolute Gasteiger partial charge is 0.317 e. The molecule has 1 saturated heterocycles. The maximum absolute atomic E-state index is 12.4. The molecule has 0 unspecified atom stereocenters. The summed E-state index contributed by atoms with van der Waals surface area (Å²) < 4.78 is 5.04. The van der Waals surface area contributed by atoms with Gasteiger partial charge in [-0.05, 0) is 24.6 Å². The third kappa shape index (κ3) is 4.01. The summed E-state index contributed by atoms with van der Waals surface area (Å²) in [6, 6.07) is 7.29. The van der Waals surface area contributed by atoms with Crippen LogP contribution in [0.5, 0.6) is 0 Å². The first-order valence-electron chi connectivity index (χ1n) is 8.66. The van der Waals surface area contributed by atoms with Crippen molar-refractivity contribution in [1.29, 1.82) is 0 Å². The Labute approximate surface area is 152 Å². The Hall–Kier alpha value is -2.90. The second-order valence-corrected chi connectivity index (χ2v) is 6.51. The second-order valence-electron chi connectivity index (χ2n) is 6.51. The number of aryl methyl sites for hydroxylation is 2. The minimum atomic E-state index is -0.267. The molecule has 0 saturated carbocycles. The van der Waals surface area contributed by atoms with Crippen LogP contribution in [0.4, 0.5) is 10.5 Å². The van der Waals surface area contributed by atoms with Crippen LogP contribution in [-0.2, 0) is 17.8 Å². The molecule has 138 valence electrons. The van der Waals surface area contributed by atoms with Crippen molar-refractivity contribution in [2.24, 2.45) is 0 Å². The molecule has 1 atom stereocenters. The van der Waals surface area contributed by atoms with Gasteiger partial charge in [-0.1, -0.05) is 24.2 Å². The number of carbonyl (C=O) groups excluding carboxylic acids is 2. The van der Waals surface area contributed by atoms with Crippen LogP contribution < -0.4 is 10.2 Å². The number of hydrogen-bond donors (Lipinski definition) is 1. The van der Waals surface area contributed by atoms with E-state index in [-0.39, 0.29) is 30.9 Å². The molecule has 1 N–H and O–H groups in total. The van der Waals surface area contributed by atoms with E-state index < -0.39 is 0 Å². The van der Waals surface area contributed by atoms with Gasteiger partial charge in [0.15, 0.2) is 5.82 Å². The van der Waals surface area contributed by atoms with Crippen molar-refractivity contribution in [2.45, 2.75) is 39.3 Å². The third-order valence-electron chi connectivity index (χ3n) is 4.30. The van der Waals surface area contributed by atoms with E-state index in [1.807, 2.05) is 38.1 Å². The molecular weight excluding hydrogens is 334 g/mol. The minimum absolute atomic E-state index is 0.00862. The molecule has 26 heavy (non-hydrogen) atoms. The van der Waals surface area contributed by atoms with Crippen LogP contribution in [0.3, 0.4) is 0 Å². The largest absolute Gasteiger partial charge is 0.339 e. The summed E-state index contributed by atoms with van der Waals surface area (Å²) in [6.07, 6.45) is 0.942. The molecular formula is C18H23N5O3. The number of nitrogens with zero attached hydrogens (tertiary/aromatic N) is 4. The molecule has 2 aromatic rings. The van der Waals surface area contributed by atoms with Crippen molar-refractivity contribution in [2.75, 3.05) is 18.5 Å². The highest BCUT2D eigenvalue weighted by atomic mass is 16.5. The van der Waals surface area contributed by atoms with Crippen LogP contribution in [0.25, 0.3) is 0 Å². The van der Waals surface area contributed by atoms with Gasteiger partial charge >= 0.3 is 6.03 Å². The van der Waals surface area contributed by atoms with Crippen molar-refractivity contribution < 1.29 is 14.1 Å². The Balaban J connectivity index is 1.57. The summed E-state index contributed by atoms with van der Waals surface area (Å²) in [4.78, 5) is 32.1. The van der Waals surface area contributed by atoms with E-state index in [0.29, 0.717) is 24.7 Å². The molecule has 0 aliphatic carbocycles. The first kappa shape index (κ1) is 17.9.